The van der Waals surface area contributed by atoms with Gasteiger partial charge in [0.05, 0.1) is 20.3 Å². The molecule has 2 N–H and O–H groups in total. The first kappa shape index (κ1) is 22.3. The largest absolute Gasteiger partial charge is 0.493 e. The Bertz CT molecular complexity index is 770. The van der Waals surface area contributed by atoms with Crippen LogP contribution in [0.3, 0.4) is 0 Å². The summed E-state index contributed by atoms with van der Waals surface area (Å²) in [6.45, 7) is 2.15. The van der Waals surface area contributed by atoms with Gasteiger partial charge in [-0.15, -0.1) is 0 Å². The summed E-state index contributed by atoms with van der Waals surface area (Å²) in [6.07, 6.45) is 0.357. The lowest BCUT2D eigenvalue weighted by Crippen LogP contribution is -2.41. The van der Waals surface area contributed by atoms with Gasteiger partial charge in [-0.2, -0.15) is 0 Å². The molecule has 0 aromatic heterocycles. The first-order valence-electron chi connectivity index (χ1n) is 10.2. The quantitative estimate of drug-likeness (QED) is 0.651. The molecule has 1 saturated heterocycles. The topological polar surface area (TPSA) is 71.4 Å². The van der Waals surface area contributed by atoms with E-state index in [0.29, 0.717) is 23.8 Å². The zero-order valence-electron chi connectivity index (χ0n) is 17.5. The molecule has 2 atom stereocenters. The van der Waals surface area contributed by atoms with Crippen molar-refractivity contribution in [2.24, 2.45) is 5.92 Å². The van der Waals surface area contributed by atoms with Crippen LogP contribution in [0.25, 0.3) is 0 Å². The summed E-state index contributed by atoms with van der Waals surface area (Å²) in [4.78, 5) is 2.17. The summed E-state index contributed by atoms with van der Waals surface area (Å²) in [5.41, 5.74) is 0.744. The molecule has 2 aromatic carbocycles. The van der Waals surface area contributed by atoms with Gasteiger partial charge in [-0.1, -0.05) is 18.2 Å². The molecule has 1 heterocycles. The van der Waals surface area contributed by atoms with Gasteiger partial charge < -0.3 is 29.3 Å². The van der Waals surface area contributed by atoms with Crippen LogP contribution in [-0.2, 0) is 0 Å². The van der Waals surface area contributed by atoms with Crippen molar-refractivity contribution in [2.75, 3.05) is 40.5 Å². The van der Waals surface area contributed by atoms with Crippen molar-refractivity contribution in [3.8, 4) is 17.2 Å². The minimum absolute atomic E-state index is 0.120. The second-order valence-corrected chi connectivity index (χ2v) is 7.59. The number of aliphatic hydroxyl groups is 2. The van der Waals surface area contributed by atoms with Crippen molar-refractivity contribution in [3.05, 3.63) is 53.8 Å². The molecule has 0 bridgehead atoms. The minimum atomic E-state index is -0.668. The number of methoxy groups -OCH3 is 2. The number of hydrogen-bond acceptors (Lipinski definition) is 6. The fourth-order valence-corrected chi connectivity index (χ4v) is 3.87. The molecule has 1 aliphatic heterocycles. The van der Waals surface area contributed by atoms with E-state index in [9.17, 15) is 14.6 Å². The van der Waals surface area contributed by atoms with Crippen molar-refractivity contribution in [3.63, 3.8) is 0 Å². The van der Waals surface area contributed by atoms with E-state index in [1.165, 1.54) is 12.1 Å². The molecule has 0 amide bonds. The Hall–Kier alpha value is -2.35. The predicted octanol–water partition coefficient (Wildman–Crippen LogP) is 3.03. The van der Waals surface area contributed by atoms with Crippen LogP contribution in [0.1, 0.15) is 24.5 Å². The second-order valence-electron chi connectivity index (χ2n) is 7.59. The molecule has 1 aliphatic rings. The molecule has 164 valence electrons. The lowest BCUT2D eigenvalue weighted by molar-refractivity contribution is 0.0272. The number of piperidine rings is 1. The van der Waals surface area contributed by atoms with Crippen molar-refractivity contribution < 1.29 is 28.8 Å². The molecule has 6 nitrogen and oxygen atoms in total. The molecule has 0 spiro atoms. The second kappa shape index (κ2) is 10.6. The number of hydrogen-bond donors (Lipinski definition) is 2. The SMILES string of the molecule is COc1cccc(OC)c1OCC(O)CN1CCC(C(O)c2ccc(F)cc2)CC1. The number of nitrogens with zero attached hydrogens (tertiary/aromatic N) is 1. The number of benzene rings is 2. The van der Waals surface area contributed by atoms with E-state index in [1.807, 2.05) is 6.07 Å². The molecule has 1 fully saturated rings. The molecule has 30 heavy (non-hydrogen) atoms. The third-order valence-electron chi connectivity index (χ3n) is 5.56. The molecule has 2 unspecified atom stereocenters. The number of likely N-dealkylation sites (tertiary alicyclic amines) is 1. The van der Waals surface area contributed by atoms with E-state index in [1.54, 1.807) is 38.5 Å². The van der Waals surface area contributed by atoms with E-state index in [0.717, 1.165) is 31.5 Å². The van der Waals surface area contributed by atoms with E-state index in [2.05, 4.69) is 4.90 Å². The summed E-state index contributed by atoms with van der Waals surface area (Å²) < 4.78 is 29.5. The monoisotopic (exact) mass is 419 g/mol. The lowest BCUT2D eigenvalue weighted by Gasteiger charge is -2.35. The third-order valence-corrected chi connectivity index (χ3v) is 5.56. The van der Waals surface area contributed by atoms with E-state index in [-0.39, 0.29) is 18.3 Å². The summed E-state index contributed by atoms with van der Waals surface area (Å²) in [6, 6.07) is 11.4. The normalized spacial score (nSPS) is 17.4. The van der Waals surface area contributed by atoms with E-state index >= 15 is 0 Å². The summed E-state index contributed by atoms with van der Waals surface area (Å²) in [5, 5.41) is 21.0. The molecular weight excluding hydrogens is 389 g/mol. The van der Waals surface area contributed by atoms with Gasteiger partial charge in [-0.25, -0.2) is 4.39 Å². The number of halogens is 1. The highest BCUT2D eigenvalue weighted by Gasteiger charge is 2.27. The summed E-state index contributed by atoms with van der Waals surface area (Å²) in [7, 11) is 3.12. The van der Waals surface area contributed by atoms with Gasteiger partial charge in [-0.05, 0) is 61.7 Å². The van der Waals surface area contributed by atoms with Crippen LogP contribution in [0.15, 0.2) is 42.5 Å². The summed E-state index contributed by atoms with van der Waals surface area (Å²) in [5.74, 6) is 1.40. The van der Waals surface area contributed by atoms with Gasteiger partial charge in [0.1, 0.15) is 18.5 Å². The fraction of sp³-hybridized carbons (Fsp3) is 0.478. The maximum Gasteiger partial charge on any atom is 0.203 e. The zero-order valence-corrected chi connectivity index (χ0v) is 17.5. The molecule has 0 aliphatic carbocycles. The minimum Gasteiger partial charge on any atom is -0.493 e. The van der Waals surface area contributed by atoms with Crippen LogP contribution < -0.4 is 14.2 Å². The van der Waals surface area contributed by atoms with Crippen molar-refractivity contribution in [1.82, 2.24) is 4.90 Å². The number of ether oxygens (including phenoxy) is 3. The first-order chi connectivity index (χ1) is 14.5. The number of rotatable bonds is 9. The average molecular weight is 419 g/mol. The Kier molecular flexibility index (Phi) is 7.90. The number of para-hydroxylation sites is 1. The number of β-amino-alcohol motifs (C(OH)–C–C–N with tert-alkyl or cyclic N) is 1. The van der Waals surface area contributed by atoms with Crippen LogP contribution in [0, 0.1) is 11.7 Å². The Morgan fingerprint density at radius 2 is 1.60 bits per heavy atom. The molecule has 2 aromatic rings. The van der Waals surface area contributed by atoms with Gasteiger partial charge in [0.15, 0.2) is 11.5 Å². The Morgan fingerprint density at radius 1 is 1.00 bits per heavy atom. The van der Waals surface area contributed by atoms with Crippen molar-refractivity contribution in [1.29, 1.82) is 0 Å². The fourth-order valence-electron chi connectivity index (χ4n) is 3.87. The van der Waals surface area contributed by atoms with Crippen LogP contribution in [0.5, 0.6) is 17.2 Å². The Balaban J connectivity index is 1.46. The van der Waals surface area contributed by atoms with Crippen LogP contribution >= 0.6 is 0 Å². The van der Waals surface area contributed by atoms with Gasteiger partial charge in [-0.3, -0.25) is 0 Å². The summed E-state index contributed by atoms with van der Waals surface area (Å²) >= 11 is 0. The molecule has 0 radical (unpaired) electrons. The van der Waals surface area contributed by atoms with Gasteiger partial charge in [0.2, 0.25) is 5.75 Å². The Morgan fingerprint density at radius 3 is 2.17 bits per heavy atom. The third kappa shape index (κ3) is 5.62. The lowest BCUT2D eigenvalue weighted by atomic mass is 9.87. The number of aliphatic hydroxyl groups excluding tert-OH is 2. The molecule has 0 saturated carbocycles. The standard InChI is InChI=1S/C23H30FNO5/c1-28-20-4-3-5-21(29-2)23(20)30-15-19(26)14-25-12-10-17(11-13-25)22(27)16-6-8-18(24)9-7-16/h3-9,17,19,22,26-27H,10-15H2,1-2H3. The average Bonchev–Trinajstić information content (AvgIpc) is 2.78. The van der Waals surface area contributed by atoms with E-state index in [4.69, 9.17) is 14.2 Å². The molecule has 3 rings (SSSR count). The van der Waals surface area contributed by atoms with Crippen LogP contribution in [0.2, 0.25) is 0 Å². The highest BCUT2D eigenvalue weighted by Crippen LogP contribution is 2.37. The van der Waals surface area contributed by atoms with Crippen LogP contribution in [-0.4, -0.2) is 61.7 Å². The smallest absolute Gasteiger partial charge is 0.203 e. The zero-order chi connectivity index (χ0) is 21.5. The predicted molar refractivity (Wildman–Crippen MR) is 112 cm³/mol. The maximum atomic E-state index is 13.1. The van der Waals surface area contributed by atoms with Crippen molar-refractivity contribution >= 4 is 0 Å². The molecular formula is C23H30FNO5. The van der Waals surface area contributed by atoms with E-state index < -0.39 is 12.2 Å². The molecule has 7 heteroatoms. The van der Waals surface area contributed by atoms with Gasteiger partial charge >= 0.3 is 0 Å². The van der Waals surface area contributed by atoms with Gasteiger partial charge in [0, 0.05) is 6.54 Å². The maximum absolute atomic E-state index is 13.1. The first-order valence-corrected chi connectivity index (χ1v) is 10.2. The van der Waals surface area contributed by atoms with Crippen molar-refractivity contribution in [2.45, 2.75) is 25.0 Å². The highest BCUT2D eigenvalue weighted by atomic mass is 19.1. The van der Waals surface area contributed by atoms with Gasteiger partial charge in [0.25, 0.3) is 0 Å². The van der Waals surface area contributed by atoms with Crippen LogP contribution in [0.4, 0.5) is 4.39 Å². The Labute approximate surface area is 176 Å². The highest BCUT2D eigenvalue weighted by molar-refractivity contribution is 5.51.